The molecule has 0 spiro atoms. The molecular weight excluding hydrogens is 338 g/mol. The molecule has 1 amide bonds. The number of carbonyl (C=O) groups is 1. The maximum absolute atomic E-state index is 12.6. The van der Waals surface area contributed by atoms with Crippen molar-refractivity contribution in [3.8, 4) is 0 Å². The van der Waals surface area contributed by atoms with Gasteiger partial charge in [-0.3, -0.25) is 9.69 Å². The van der Waals surface area contributed by atoms with Crippen LogP contribution in [0.2, 0.25) is 0 Å². The Bertz CT molecular complexity index is 865. The van der Waals surface area contributed by atoms with E-state index in [0.717, 1.165) is 49.5 Å². The normalized spacial score (nSPS) is 15.6. The Morgan fingerprint density at radius 3 is 2.56 bits per heavy atom. The number of fused-ring (bicyclic) bond motifs is 1. The number of aromatic nitrogens is 1. The van der Waals surface area contributed by atoms with Crippen molar-refractivity contribution in [3.05, 3.63) is 66.1 Å². The van der Waals surface area contributed by atoms with E-state index >= 15 is 0 Å². The summed E-state index contributed by atoms with van der Waals surface area (Å²) in [5.74, 6) is 1.30. The maximum Gasteiger partial charge on any atom is 0.236 e. The largest absolute Gasteiger partial charge is 0.440 e. The van der Waals surface area contributed by atoms with Crippen LogP contribution in [0.25, 0.3) is 11.1 Å². The SMILES string of the molecule is CN(CC(=O)N1CCC(c2nc3ccccc3o2)CC1)Cc1ccccc1. The van der Waals surface area contributed by atoms with Gasteiger partial charge in [-0.2, -0.15) is 0 Å². The molecule has 2 heterocycles. The minimum Gasteiger partial charge on any atom is -0.440 e. The standard InChI is InChI=1S/C22H25N3O2/c1-24(15-17-7-3-2-4-8-17)16-21(26)25-13-11-18(12-14-25)22-23-19-9-5-6-10-20(19)27-22/h2-10,18H,11-16H2,1H3. The summed E-state index contributed by atoms with van der Waals surface area (Å²) in [7, 11) is 2.00. The third-order valence-electron chi connectivity index (χ3n) is 5.21. The van der Waals surface area contributed by atoms with Crippen LogP contribution in [-0.2, 0) is 11.3 Å². The lowest BCUT2D eigenvalue weighted by Gasteiger charge is -2.32. The Morgan fingerprint density at radius 2 is 1.81 bits per heavy atom. The second-order valence-corrected chi connectivity index (χ2v) is 7.33. The summed E-state index contributed by atoms with van der Waals surface area (Å²) in [6.07, 6.45) is 1.81. The number of hydrogen-bond acceptors (Lipinski definition) is 4. The average Bonchev–Trinajstić information content (AvgIpc) is 3.13. The van der Waals surface area contributed by atoms with E-state index in [0.29, 0.717) is 12.5 Å². The molecule has 2 aromatic carbocycles. The lowest BCUT2D eigenvalue weighted by atomic mass is 9.97. The van der Waals surface area contributed by atoms with Gasteiger partial charge in [-0.1, -0.05) is 42.5 Å². The van der Waals surface area contributed by atoms with E-state index in [2.05, 4.69) is 22.0 Å². The number of hydrogen-bond donors (Lipinski definition) is 0. The number of likely N-dealkylation sites (tertiary alicyclic amines) is 1. The summed E-state index contributed by atoms with van der Waals surface area (Å²) < 4.78 is 5.91. The van der Waals surface area contributed by atoms with Crippen molar-refractivity contribution in [3.63, 3.8) is 0 Å². The smallest absolute Gasteiger partial charge is 0.236 e. The number of rotatable bonds is 5. The Morgan fingerprint density at radius 1 is 1.11 bits per heavy atom. The molecule has 0 saturated carbocycles. The molecule has 1 aromatic heterocycles. The lowest BCUT2D eigenvalue weighted by molar-refractivity contribution is -0.133. The van der Waals surface area contributed by atoms with Crippen molar-refractivity contribution < 1.29 is 9.21 Å². The maximum atomic E-state index is 12.6. The minimum atomic E-state index is 0.199. The number of nitrogens with zero attached hydrogens (tertiary/aromatic N) is 3. The zero-order valence-electron chi connectivity index (χ0n) is 15.7. The van der Waals surface area contributed by atoms with Gasteiger partial charge < -0.3 is 9.32 Å². The number of amides is 1. The summed E-state index contributed by atoms with van der Waals surface area (Å²) in [5, 5.41) is 0. The van der Waals surface area contributed by atoms with Gasteiger partial charge in [0, 0.05) is 25.6 Å². The van der Waals surface area contributed by atoms with Crippen molar-refractivity contribution in [1.29, 1.82) is 0 Å². The molecule has 140 valence electrons. The molecule has 1 saturated heterocycles. The first-order valence-electron chi connectivity index (χ1n) is 9.55. The molecule has 1 aliphatic rings. The van der Waals surface area contributed by atoms with E-state index in [9.17, 15) is 4.79 Å². The highest BCUT2D eigenvalue weighted by Gasteiger charge is 2.27. The molecule has 0 aliphatic carbocycles. The predicted molar refractivity (Wildman–Crippen MR) is 105 cm³/mol. The van der Waals surface area contributed by atoms with Crippen LogP contribution >= 0.6 is 0 Å². The van der Waals surface area contributed by atoms with Crippen molar-refractivity contribution >= 4 is 17.0 Å². The van der Waals surface area contributed by atoms with Gasteiger partial charge in [0.05, 0.1) is 6.54 Å². The van der Waals surface area contributed by atoms with E-state index in [1.165, 1.54) is 5.56 Å². The highest BCUT2D eigenvalue weighted by atomic mass is 16.3. The van der Waals surface area contributed by atoms with Crippen molar-refractivity contribution in [2.24, 2.45) is 0 Å². The second kappa shape index (κ2) is 7.92. The highest BCUT2D eigenvalue weighted by Crippen LogP contribution is 2.29. The van der Waals surface area contributed by atoms with E-state index in [4.69, 9.17) is 4.42 Å². The molecule has 0 radical (unpaired) electrons. The molecule has 4 rings (SSSR count). The Labute approximate surface area is 159 Å². The highest BCUT2D eigenvalue weighted by molar-refractivity contribution is 5.78. The Balaban J connectivity index is 1.30. The van der Waals surface area contributed by atoms with Crippen LogP contribution in [0, 0.1) is 0 Å². The zero-order valence-corrected chi connectivity index (χ0v) is 15.7. The molecule has 1 fully saturated rings. The molecule has 0 atom stereocenters. The molecule has 0 bridgehead atoms. The van der Waals surface area contributed by atoms with Crippen molar-refractivity contribution in [2.75, 3.05) is 26.7 Å². The molecule has 0 N–H and O–H groups in total. The van der Waals surface area contributed by atoms with Crippen LogP contribution in [0.5, 0.6) is 0 Å². The fraction of sp³-hybridized carbons (Fsp3) is 0.364. The summed E-state index contributed by atoms with van der Waals surface area (Å²) in [4.78, 5) is 21.3. The van der Waals surface area contributed by atoms with Gasteiger partial charge in [0.15, 0.2) is 11.5 Å². The van der Waals surface area contributed by atoms with Crippen LogP contribution < -0.4 is 0 Å². The predicted octanol–water partition coefficient (Wildman–Crippen LogP) is 3.67. The number of likely N-dealkylation sites (N-methyl/N-ethyl adjacent to an activating group) is 1. The molecule has 1 aliphatic heterocycles. The fourth-order valence-corrected chi connectivity index (χ4v) is 3.72. The van der Waals surface area contributed by atoms with E-state index in [-0.39, 0.29) is 5.91 Å². The van der Waals surface area contributed by atoms with Gasteiger partial charge in [0.2, 0.25) is 5.91 Å². The molecule has 3 aromatic rings. The van der Waals surface area contributed by atoms with Crippen LogP contribution in [0.3, 0.4) is 0 Å². The average molecular weight is 363 g/mol. The third kappa shape index (κ3) is 4.19. The lowest BCUT2D eigenvalue weighted by Crippen LogP contribution is -2.42. The van der Waals surface area contributed by atoms with E-state index in [1.807, 2.05) is 54.4 Å². The monoisotopic (exact) mass is 363 g/mol. The van der Waals surface area contributed by atoms with Crippen LogP contribution in [0.4, 0.5) is 0 Å². The van der Waals surface area contributed by atoms with E-state index < -0.39 is 0 Å². The van der Waals surface area contributed by atoms with Crippen LogP contribution in [-0.4, -0.2) is 47.4 Å². The molecule has 5 nitrogen and oxygen atoms in total. The quantitative estimate of drug-likeness (QED) is 0.694. The molecule has 27 heavy (non-hydrogen) atoms. The van der Waals surface area contributed by atoms with Crippen molar-refractivity contribution in [1.82, 2.24) is 14.8 Å². The van der Waals surface area contributed by atoms with Gasteiger partial charge in [0.1, 0.15) is 5.52 Å². The van der Waals surface area contributed by atoms with Gasteiger partial charge in [-0.25, -0.2) is 4.98 Å². The first-order valence-corrected chi connectivity index (χ1v) is 9.55. The van der Waals surface area contributed by atoms with Gasteiger partial charge >= 0.3 is 0 Å². The van der Waals surface area contributed by atoms with Crippen LogP contribution in [0.1, 0.15) is 30.2 Å². The number of piperidine rings is 1. The van der Waals surface area contributed by atoms with E-state index in [1.54, 1.807) is 0 Å². The second-order valence-electron chi connectivity index (χ2n) is 7.33. The molecule has 0 unspecified atom stereocenters. The topological polar surface area (TPSA) is 49.6 Å². The zero-order chi connectivity index (χ0) is 18.6. The van der Waals surface area contributed by atoms with Crippen molar-refractivity contribution in [2.45, 2.75) is 25.3 Å². The minimum absolute atomic E-state index is 0.199. The number of carbonyl (C=O) groups excluding carboxylic acids is 1. The summed E-state index contributed by atoms with van der Waals surface area (Å²) in [5.41, 5.74) is 2.98. The van der Waals surface area contributed by atoms with Gasteiger partial charge in [0.25, 0.3) is 0 Å². The third-order valence-corrected chi connectivity index (χ3v) is 5.21. The number of benzene rings is 2. The summed E-state index contributed by atoms with van der Waals surface area (Å²) in [6, 6.07) is 18.1. The molecule has 5 heteroatoms. The van der Waals surface area contributed by atoms with Gasteiger partial charge in [-0.05, 0) is 37.6 Å². The van der Waals surface area contributed by atoms with Gasteiger partial charge in [-0.15, -0.1) is 0 Å². The summed E-state index contributed by atoms with van der Waals surface area (Å²) >= 11 is 0. The fourth-order valence-electron chi connectivity index (χ4n) is 3.72. The van der Waals surface area contributed by atoms with Crippen LogP contribution in [0.15, 0.2) is 59.0 Å². The molecular formula is C22H25N3O2. The first kappa shape index (κ1) is 17.7. The Kier molecular flexibility index (Phi) is 5.21. The Hall–Kier alpha value is -2.66. The number of para-hydroxylation sites is 2. The number of oxazole rings is 1. The summed E-state index contributed by atoms with van der Waals surface area (Å²) in [6.45, 7) is 2.76. The first-order chi connectivity index (χ1) is 13.2.